The summed E-state index contributed by atoms with van der Waals surface area (Å²) >= 11 is 0. The zero-order valence-electron chi connectivity index (χ0n) is 12.3. The number of hydrogen-bond donors (Lipinski definition) is 2. The predicted molar refractivity (Wildman–Crippen MR) is 82.4 cm³/mol. The average molecular weight is 298 g/mol. The predicted octanol–water partition coefficient (Wildman–Crippen LogP) is 1.13. The van der Waals surface area contributed by atoms with Crippen molar-refractivity contribution in [1.82, 2.24) is 0 Å². The molecule has 2 aliphatic heterocycles. The van der Waals surface area contributed by atoms with Gasteiger partial charge in [0.2, 0.25) is 0 Å². The molecule has 0 aromatic carbocycles. The molecule has 7 nitrogen and oxygen atoms in total. The molecular weight excluding hydrogens is 282 g/mol. The van der Waals surface area contributed by atoms with Crippen molar-refractivity contribution in [3.8, 4) is 11.8 Å². The highest BCUT2D eigenvalue weighted by Crippen LogP contribution is 2.21. The van der Waals surface area contributed by atoms with E-state index in [4.69, 9.17) is 10.3 Å². The van der Waals surface area contributed by atoms with E-state index < -0.39 is 5.60 Å². The lowest BCUT2D eigenvalue weighted by atomic mass is 10.1. The third kappa shape index (κ3) is 2.63. The Morgan fingerprint density at radius 1 is 1.50 bits per heavy atom. The summed E-state index contributed by atoms with van der Waals surface area (Å²) in [6.45, 7) is 3.51. The van der Waals surface area contributed by atoms with Crippen molar-refractivity contribution in [3.63, 3.8) is 0 Å². The highest BCUT2D eigenvalue weighted by atomic mass is 16.3. The van der Waals surface area contributed by atoms with E-state index in [1.807, 2.05) is 6.92 Å². The first-order valence-corrected chi connectivity index (χ1v) is 6.85. The fourth-order valence-electron chi connectivity index (χ4n) is 1.84. The summed E-state index contributed by atoms with van der Waals surface area (Å²) < 4.78 is 4.91. The zero-order chi connectivity index (χ0) is 15.8. The van der Waals surface area contributed by atoms with Crippen LogP contribution in [0.1, 0.15) is 26.0 Å². The van der Waals surface area contributed by atoms with Crippen molar-refractivity contribution in [2.24, 2.45) is 20.9 Å². The summed E-state index contributed by atoms with van der Waals surface area (Å²) in [5.41, 5.74) is -0.628. The lowest BCUT2D eigenvalue weighted by molar-refractivity contribution is -0.803. The molecule has 3 rings (SSSR count). The number of furan rings is 1. The van der Waals surface area contributed by atoms with Crippen LogP contribution in [0.4, 0.5) is 0 Å². The van der Waals surface area contributed by atoms with Gasteiger partial charge in [-0.15, -0.1) is 5.84 Å². The van der Waals surface area contributed by atoms with Crippen LogP contribution in [0.2, 0.25) is 0 Å². The molecule has 1 aromatic rings. The minimum absolute atomic E-state index is 0.363. The van der Waals surface area contributed by atoms with Crippen LogP contribution in [-0.4, -0.2) is 33.3 Å². The number of fused-ring (bicyclic) bond motifs is 1. The Labute approximate surface area is 127 Å². The molecule has 0 aliphatic carbocycles. The summed E-state index contributed by atoms with van der Waals surface area (Å²) in [6, 6.07) is 3.51. The van der Waals surface area contributed by atoms with Crippen molar-refractivity contribution < 1.29 is 14.2 Å². The lowest BCUT2D eigenvalue weighted by Gasteiger charge is -2.18. The van der Waals surface area contributed by atoms with Crippen molar-refractivity contribution in [1.29, 1.82) is 0 Å². The van der Waals surface area contributed by atoms with Gasteiger partial charge in [-0.2, -0.15) is 4.99 Å². The molecule has 0 spiro atoms. The van der Waals surface area contributed by atoms with E-state index in [1.54, 1.807) is 31.5 Å². The molecule has 2 aliphatic rings. The number of hydrogen-bond acceptors (Lipinski definition) is 6. The van der Waals surface area contributed by atoms with E-state index in [0.29, 0.717) is 29.5 Å². The second kappa shape index (κ2) is 5.03. The van der Waals surface area contributed by atoms with Gasteiger partial charge in [0.1, 0.15) is 11.8 Å². The van der Waals surface area contributed by atoms with E-state index in [2.05, 4.69) is 26.9 Å². The largest absolute Gasteiger partial charge is 0.461 e. The monoisotopic (exact) mass is 298 g/mol. The molecule has 0 bridgehead atoms. The maximum Gasteiger partial charge on any atom is 0.300 e. The number of amidine groups is 2. The van der Waals surface area contributed by atoms with Gasteiger partial charge in [0.05, 0.1) is 6.26 Å². The molecule has 0 amide bonds. The van der Waals surface area contributed by atoms with Crippen molar-refractivity contribution in [3.05, 3.63) is 36.1 Å². The average Bonchev–Trinajstić information content (AvgIpc) is 3.11. The van der Waals surface area contributed by atoms with Gasteiger partial charge in [0.25, 0.3) is 11.7 Å². The Morgan fingerprint density at radius 2 is 2.32 bits per heavy atom. The third-order valence-corrected chi connectivity index (χ3v) is 3.38. The van der Waals surface area contributed by atoms with Crippen LogP contribution in [-0.2, 0) is 0 Å². The van der Waals surface area contributed by atoms with E-state index in [0.717, 1.165) is 0 Å². The number of quaternary nitrogens is 1. The van der Waals surface area contributed by atoms with Crippen LogP contribution in [0.3, 0.4) is 0 Å². The number of aliphatic hydroxyl groups is 1. The van der Waals surface area contributed by atoms with Gasteiger partial charge in [-0.3, -0.25) is 0 Å². The Bertz CT molecular complexity index is 775. The SMILES string of the molecule is CCC(C)(O)C#CC1=C[N+]2(N)N=C(c3ccco3)N=C2C=N1. The minimum Gasteiger partial charge on any atom is -0.461 e. The van der Waals surface area contributed by atoms with Gasteiger partial charge in [-0.1, -0.05) is 12.8 Å². The second-order valence-electron chi connectivity index (χ2n) is 5.26. The molecular formula is C15H16N5O2+. The Kier molecular flexibility index (Phi) is 3.30. The van der Waals surface area contributed by atoms with Gasteiger partial charge in [0, 0.05) is 0 Å². The maximum atomic E-state index is 9.92. The van der Waals surface area contributed by atoms with Gasteiger partial charge in [-0.05, 0) is 41.2 Å². The Hall–Kier alpha value is -2.53. The van der Waals surface area contributed by atoms with Crippen LogP contribution in [0, 0.1) is 11.8 Å². The van der Waals surface area contributed by atoms with Gasteiger partial charge < -0.3 is 9.52 Å². The topological polar surface area (TPSA) is 96.5 Å². The molecule has 3 N–H and O–H groups in total. The number of rotatable bonds is 2. The number of aliphatic imine (C=N–C) groups is 2. The Morgan fingerprint density at radius 3 is 3.00 bits per heavy atom. The van der Waals surface area contributed by atoms with Crippen LogP contribution in [0.25, 0.3) is 0 Å². The number of allylic oxidation sites excluding steroid dienone is 1. The van der Waals surface area contributed by atoms with Gasteiger partial charge in [-0.25, -0.2) is 4.99 Å². The fourth-order valence-corrected chi connectivity index (χ4v) is 1.84. The molecule has 1 aromatic heterocycles. The van der Waals surface area contributed by atoms with Crippen LogP contribution < -0.4 is 5.84 Å². The highest BCUT2D eigenvalue weighted by Gasteiger charge is 2.39. The molecule has 2 atom stereocenters. The minimum atomic E-state index is -1.06. The summed E-state index contributed by atoms with van der Waals surface area (Å²) in [7, 11) is 0. The summed E-state index contributed by atoms with van der Waals surface area (Å²) in [5.74, 6) is 13.2. The van der Waals surface area contributed by atoms with Crippen molar-refractivity contribution in [2.75, 3.05) is 0 Å². The lowest BCUT2D eigenvalue weighted by Crippen LogP contribution is -2.50. The van der Waals surface area contributed by atoms with Crippen LogP contribution in [0.15, 0.2) is 49.8 Å². The van der Waals surface area contributed by atoms with Gasteiger partial charge in [0.15, 0.2) is 17.7 Å². The van der Waals surface area contributed by atoms with E-state index in [1.165, 1.54) is 6.21 Å². The second-order valence-corrected chi connectivity index (χ2v) is 5.26. The molecule has 7 heteroatoms. The maximum absolute atomic E-state index is 9.92. The van der Waals surface area contributed by atoms with E-state index in [9.17, 15) is 5.11 Å². The smallest absolute Gasteiger partial charge is 0.300 e. The normalized spacial score (nSPS) is 25.4. The third-order valence-electron chi connectivity index (χ3n) is 3.38. The van der Waals surface area contributed by atoms with E-state index >= 15 is 0 Å². The molecule has 112 valence electrons. The molecule has 3 heterocycles. The van der Waals surface area contributed by atoms with Gasteiger partial charge >= 0.3 is 0 Å². The fraction of sp³-hybridized carbons (Fsp3) is 0.267. The highest BCUT2D eigenvalue weighted by molar-refractivity contribution is 6.31. The van der Waals surface area contributed by atoms with Crippen molar-refractivity contribution >= 4 is 17.9 Å². The first-order chi connectivity index (χ1) is 10.4. The summed E-state index contributed by atoms with van der Waals surface area (Å²) in [5, 5.41) is 14.3. The van der Waals surface area contributed by atoms with Crippen molar-refractivity contribution in [2.45, 2.75) is 25.9 Å². The Balaban J connectivity index is 1.92. The van der Waals surface area contributed by atoms with Crippen LogP contribution >= 0.6 is 0 Å². The standard InChI is InChI=1S/C15H16N5O2/c1-3-15(2,21)7-6-11-10-20(16)13(9-17-11)18-14(19-20)12-5-4-8-22-12/h4-5,8-10,21H,3,16H2,1-2H3/q+1. The van der Waals surface area contributed by atoms with E-state index in [-0.39, 0.29) is 4.70 Å². The molecule has 0 radical (unpaired) electrons. The zero-order valence-corrected chi connectivity index (χ0v) is 12.3. The number of nitrogens with zero attached hydrogens (tertiary/aromatic N) is 4. The number of nitrogens with two attached hydrogens (primary N) is 1. The molecule has 0 fully saturated rings. The van der Waals surface area contributed by atoms with Crippen LogP contribution in [0.5, 0.6) is 0 Å². The molecule has 2 unspecified atom stereocenters. The molecule has 0 saturated heterocycles. The first-order valence-electron chi connectivity index (χ1n) is 6.85. The quantitative estimate of drug-likeness (QED) is 0.486. The first kappa shape index (κ1) is 14.4. The summed E-state index contributed by atoms with van der Waals surface area (Å²) in [6.07, 6.45) is 5.16. The summed E-state index contributed by atoms with van der Waals surface area (Å²) in [4.78, 5) is 8.50. The molecule has 22 heavy (non-hydrogen) atoms. The molecule has 0 saturated carbocycles.